The van der Waals surface area contributed by atoms with Crippen LogP contribution >= 0.6 is 11.3 Å². The molecule has 0 saturated heterocycles. The minimum absolute atomic E-state index is 0.0507. The molecule has 90 valence electrons. The standard InChI is InChI=1S/C13H21NOS/c14-12(8-10-4-1-2-5-10)13(15)9-11-6-3-7-16-11/h3,6-7,10,12-13,15H,1-2,4-5,8-9,14H2. The van der Waals surface area contributed by atoms with Crippen molar-refractivity contribution in [3.05, 3.63) is 22.4 Å². The molecule has 0 spiro atoms. The highest BCUT2D eigenvalue weighted by atomic mass is 32.1. The zero-order valence-electron chi connectivity index (χ0n) is 9.64. The van der Waals surface area contributed by atoms with Gasteiger partial charge in [0.25, 0.3) is 0 Å². The summed E-state index contributed by atoms with van der Waals surface area (Å²) in [6.45, 7) is 0. The van der Waals surface area contributed by atoms with Crippen LogP contribution in [0.15, 0.2) is 17.5 Å². The highest BCUT2D eigenvalue weighted by Gasteiger charge is 2.22. The molecule has 0 bridgehead atoms. The molecule has 1 heterocycles. The Morgan fingerprint density at radius 2 is 2.19 bits per heavy atom. The molecule has 0 aliphatic heterocycles. The molecular formula is C13H21NOS. The Morgan fingerprint density at radius 1 is 1.44 bits per heavy atom. The second kappa shape index (κ2) is 5.80. The Balaban J connectivity index is 1.77. The van der Waals surface area contributed by atoms with E-state index in [0.29, 0.717) is 6.42 Å². The van der Waals surface area contributed by atoms with E-state index in [2.05, 4.69) is 6.07 Å². The molecule has 2 unspecified atom stereocenters. The van der Waals surface area contributed by atoms with Gasteiger partial charge in [0.1, 0.15) is 0 Å². The monoisotopic (exact) mass is 239 g/mol. The number of rotatable bonds is 5. The molecule has 0 aromatic carbocycles. The second-order valence-electron chi connectivity index (χ2n) is 4.90. The third kappa shape index (κ3) is 3.30. The Labute approximate surface area is 101 Å². The van der Waals surface area contributed by atoms with Crippen LogP contribution in [0.2, 0.25) is 0 Å². The molecular weight excluding hydrogens is 218 g/mol. The first-order chi connectivity index (χ1) is 7.75. The predicted octanol–water partition coefficient (Wildman–Crippen LogP) is 2.56. The van der Waals surface area contributed by atoms with Gasteiger partial charge >= 0.3 is 0 Å². The smallest absolute Gasteiger partial charge is 0.0739 e. The van der Waals surface area contributed by atoms with Crippen LogP contribution in [0.1, 0.15) is 37.0 Å². The lowest BCUT2D eigenvalue weighted by molar-refractivity contribution is 0.133. The fraction of sp³-hybridized carbons (Fsp3) is 0.692. The highest BCUT2D eigenvalue weighted by Crippen LogP contribution is 2.29. The maximum atomic E-state index is 10.0. The van der Waals surface area contributed by atoms with E-state index in [1.54, 1.807) is 11.3 Å². The van der Waals surface area contributed by atoms with E-state index in [9.17, 15) is 5.11 Å². The first-order valence-electron chi connectivity index (χ1n) is 6.21. The van der Waals surface area contributed by atoms with E-state index in [4.69, 9.17) is 5.73 Å². The lowest BCUT2D eigenvalue weighted by atomic mass is 9.94. The van der Waals surface area contributed by atoms with Crippen LogP contribution in [-0.2, 0) is 6.42 Å². The predicted molar refractivity (Wildman–Crippen MR) is 68.6 cm³/mol. The molecule has 1 aromatic heterocycles. The molecule has 16 heavy (non-hydrogen) atoms. The maximum absolute atomic E-state index is 10.0. The van der Waals surface area contributed by atoms with Crippen molar-refractivity contribution in [2.45, 2.75) is 50.7 Å². The van der Waals surface area contributed by atoms with E-state index in [-0.39, 0.29) is 12.1 Å². The first-order valence-corrected chi connectivity index (χ1v) is 7.09. The van der Waals surface area contributed by atoms with Gasteiger partial charge in [0, 0.05) is 17.3 Å². The normalized spacial score (nSPS) is 21.1. The number of thiophene rings is 1. The van der Waals surface area contributed by atoms with Crippen molar-refractivity contribution >= 4 is 11.3 Å². The van der Waals surface area contributed by atoms with Gasteiger partial charge in [0.05, 0.1) is 6.10 Å². The quantitative estimate of drug-likeness (QED) is 0.829. The molecule has 1 saturated carbocycles. The van der Waals surface area contributed by atoms with E-state index >= 15 is 0 Å². The van der Waals surface area contributed by atoms with Gasteiger partial charge in [0.15, 0.2) is 0 Å². The van der Waals surface area contributed by atoms with Gasteiger partial charge in [-0.05, 0) is 23.8 Å². The largest absolute Gasteiger partial charge is 0.391 e. The van der Waals surface area contributed by atoms with Crippen LogP contribution in [0, 0.1) is 5.92 Å². The van der Waals surface area contributed by atoms with Crippen LogP contribution < -0.4 is 5.73 Å². The molecule has 3 N–H and O–H groups in total. The van der Waals surface area contributed by atoms with Crippen LogP contribution in [0.3, 0.4) is 0 Å². The summed E-state index contributed by atoms with van der Waals surface area (Å²) in [5.74, 6) is 0.757. The minimum Gasteiger partial charge on any atom is -0.391 e. The molecule has 2 rings (SSSR count). The van der Waals surface area contributed by atoms with E-state index in [0.717, 1.165) is 12.3 Å². The lowest BCUT2D eigenvalue weighted by Crippen LogP contribution is -2.37. The molecule has 1 aromatic rings. The Hall–Kier alpha value is -0.380. The van der Waals surface area contributed by atoms with Gasteiger partial charge in [-0.2, -0.15) is 0 Å². The van der Waals surface area contributed by atoms with E-state index < -0.39 is 0 Å². The number of aliphatic hydroxyl groups is 1. The fourth-order valence-corrected chi connectivity index (χ4v) is 3.33. The fourth-order valence-electron chi connectivity index (χ4n) is 2.57. The van der Waals surface area contributed by atoms with Crippen molar-refractivity contribution in [2.75, 3.05) is 0 Å². The highest BCUT2D eigenvalue weighted by molar-refractivity contribution is 7.09. The van der Waals surface area contributed by atoms with Crippen molar-refractivity contribution < 1.29 is 5.11 Å². The Bertz CT molecular complexity index is 293. The van der Waals surface area contributed by atoms with Gasteiger partial charge in [0.2, 0.25) is 0 Å². The maximum Gasteiger partial charge on any atom is 0.0739 e. The van der Waals surface area contributed by atoms with Gasteiger partial charge in [-0.25, -0.2) is 0 Å². The number of nitrogens with two attached hydrogens (primary N) is 1. The van der Waals surface area contributed by atoms with E-state index in [1.807, 2.05) is 11.4 Å². The summed E-state index contributed by atoms with van der Waals surface area (Å²) < 4.78 is 0. The van der Waals surface area contributed by atoms with Crippen LogP contribution in [0.5, 0.6) is 0 Å². The zero-order chi connectivity index (χ0) is 11.4. The molecule has 1 aliphatic carbocycles. The topological polar surface area (TPSA) is 46.2 Å². The average molecular weight is 239 g/mol. The number of hydrogen-bond donors (Lipinski definition) is 2. The summed E-state index contributed by atoms with van der Waals surface area (Å²) in [7, 11) is 0. The summed E-state index contributed by atoms with van der Waals surface area (Å²) in [5, 5.41) is 12.1. The van der Waals surface area contributed by atoms with Crippen LogP contribution in [-0.4, -0.2) is 17.3 Å². The van der Waals surface area contributed by atoms with Crippen molar-refractivity contribution in [1.82, 2.24) is 0 Å². The molecule has 1 fully saturated rings. The summed E-state index contributed by atoms with van der Waals surface area (Å²) >= 11 is 1.70. The summed E-state index contributed by atoms with van der Waals surface area (Å²) in [6.07, 6.45) is 6.63. The Kier molecular flexibility index (Phi) is 4.38. The zero-order valence-corrected chi connectivity index (χ0v) is 10.5. The van der Waals surface area contributed by atoms with Gasteiger partial charge in [-0.15, -0.1) is 11.3 Å². The third-order valence-electron chi connectivity index (χ3n) is 3.56. The van der Waals surface area contributed by atoms with Crippen molar-refractivity contribution in [3.63, 3.8) is 0 Å². The lowest BCUT2D eigenvalue weighted by Gasteiger charge is -2.21. The molecule has 0 amide bonds. The molecule has 3 heteroatoms. The van der Waals surface area contributed by atoms with Crippen molar-refractivity contribution in [2.24, 2.45) is 11.7 Å². The summed E-state index contributed by atoms with van der Waals surface area (Å²) in [6, 6.07) is 4.04. The second-order valence-corrected chi connectivity index (χ2v) is 5.93. The van der Waals surface area contributed by atoms with Crippen LogP contribution in [0.4, 0.5) is 0 Å². The van der Waals surface area contributed by atoms with Gasteiger partial charge in [-0.3, -0.25) is 0 Å². The SMILES string of the molecule is NC(CC1CCCC1)C(O)Cc1cccs1. The third-order valence-corrected chi connectivity index (χ3v) is 4.46. The number of aliphatic hydroxyl groups excluding tert-OH is 1. The van der Waals surface area contributed by atoms with Crippen LogP contribution in [0.25, 0.3) is 0 Å². The van der Waals surface area contributed by atoms with Gasteiger partial charge in [-0.1, -0.05) is 31.7 Å². The first kappa shape index (κ1) is 12.1. The Morgan fingerprint density at radius 3 is 2.81 bits per heavy atom. The molecule has 2 nitrogen and oxygen atoms in total. The summed E-state index contributed by atoms with van der Waals surface area (Å²) in [5.41, 5.74) is 6.07. The average Bonchev–Trinajstić information content (AvgIpc) is 2.90. The number of hydrogen-bond acceptors (Lipinski definition) is 3. The minimum atomic E-state index is -0.376. The van der Waals surface area contributed by atoms with Crippen molar-refractivity contribution in [1.29, 1.82) is 0 Å². The molecule has 2 atom stereocenters. The van der Waals surface area contributed by atoms with Gasteiger partial charge < -0.3 is 10.8 Å². The summed E-state index contributed by atoms with van der Waals surface area (Å²) in [4.78, 5) is 1.23. The van der Waals surface area contributed by atoms with Crippen molar-refractivity contribution in [3.8, 4) is 0 Å². The molecule has 1 aliphatic rings. The van der Waals surface area contributed by atoms with E-state index in [1.165, 1.54) is 30.6 Å². The molecule has 0 radical (unpaired) electrons.